The summed E-state index contributed by atoms with van der Waals surface area (Å²) >= 11 is 0. The van der Waals surface area contributed by atoms with Gasteiger partial charge in [-0.25, -0.2) is 0 Å². The SMILES string of the molecule is O=C(Nc1n[nH]c(-c2ccccc2)n1)C1CCNCC1. The first-order valence-corrected chi connectivity index (χ1v) is 6.82. The number of H-pyrrole nitrogens is 1. The highest BCUT2D eigenvalue weighted by Gasteiger charge is 2.21. The standard InChI is InChI=1S/C14H17N5O/c20-13(11-6-8-15-9-7-11)17-14-16-12(18-19-14)10-4-2-1-3-5-10/h1-5,11,15H,6-9H2,(H2,16,17,18,19,20). The van der Waals surface area contributed by atoms with E-state index in [1.165, 1.54) is 0 Å². The highest BCUT2D eigenvalue weighted by atomic mass is 16.2. The lowest BCUT2D eigenvalue weighted by molar-refractivity contribution is -0.120. The van der Waals surface area contributed by atoms with Crippen LogP contribution in [0, 0.1) is 5.92 Å². The molecular weight excluding hydrogens is 254 g/mol. The number of aromatic amines is 1. The van der Waals surface area contributed by atoms with E-state index in [0.717, 1.165) is 31.5 Å². The van der Waals surface area contributed by atoms with E-state index in [1.807, 2.05) is 30.3 Å². The molecule has 0 radical (unpaired) electrons. The number of carbonyl (C=O) groups is 1. The molecule has 0 spiro atoms. The molecule has 3 rings (SSSR count). The summed E-state index contributed by atoms with van der Waals surface area (Å²) < 4.78 is 0. The van der Waals surface area contributed by atoms with Crippen LogP contribution in [0.15, 0.2) is 30.3 Å². The third-order valence-corrected chi connectivity index (χ3v) is 3.48. The second-order valence-electron chi connectivity index (χ2n) is 4.89. The van der Waals surface area contributed by atoms with Crippen LogP contribution in [-0.2, 0) is 4.79 Å². The number of hydrogen-bond acceptors (Lipinski definition) is 4. The van der Waals surface area contributed by atoms with Crippen molar-refractivity contribution in [2.24, 2.45) is 5.92 Å². The zero-order chi connectivity index (χ0) is 13.8. The molecule has 1 aromatic heterocycles. The molecule has 1 aliphatic rings. The topological polar surface area (TPSA) is 82.7 Å². The Labute approximate surface area is 117 Å². The van der Waals surface area contributed by atoms with Crippen LogP contribution in [0.25, 0.3) is 11.4 Å². The zero-order valence-electron chi connectivity index (χ0n) is 11.1. The monoisotopic (exact) mass is 271 g/mol. The molecule has 1 aromatic carbocycles. The van der Waals surface area contributed by atoms with E-state index in [0.29, 0.717) is 11.8 Å². The second-order valence-corrected chi connectivity index (χ2v) is 4.89. The van der Waals surface area contributed by atoms with Crippen LogP contribution in [0.3, 0.4) is 0 Å². The van der Waals surface area contributed by atoms with Crippen LogP contribution >= 0.6 is 0 Å². The maximum Gasteiger partial charge on any atom is 0.249 e. The van der Waals surface area contributed by atoms with Gasteiger partial charge in [-0.15, -0.1) is 5.10 Å². The molecule has 0 unspecified atom stereocenters. The minimum Gasteiger partial charge on any atom is -0.317 e. The van der Waals surface area contributed by atoms with Crippen LogP contribution in [0.5, 0.6) is 0 Å². The quantitative estimate of drug-likeness (QED) is 0.788. The minimum atomic E-state index is 0.00473. The first kappa shape index (κ1) is 12.8. The Morgan fingerprint density at radius 3 is 2.70 bits per heavy atom. The summed E-state index contributed by atoms with van der Waals surface area (Å²) in [6.07, 6.45) is 1.73. The average Bonchev–Trinajstić information content (AvgIpc) is 2.97. The van der Waals surface area contributed by atoms with Gasteiger partial charge in [0.2, 0.25) is 11.9 Å². The van der Waals surface area contributed by atoms with E-state index in [2.05, 4.69) is 25.8 Å². The number of aromatic nitrogens is 3. The van der Waals surface area contributed by atoms with Gasteiger partial charge in [-0.05, 0) is 25.9 Å². The second kappa shape index (κ2) is 5.83. The van der Waals surface area contributed by atoms with Crippen molar-refractivity contribution in [3.8, 4) is 11.4 Å². The zero-order valence-corrected chi connectivity index (χ0v) is 11.1. The van der Waals surface area contributed by atoms with Crippen molar-refractivity contribution in [3.05, 3.63) is 30.3 Å². The molecule has 6 heteroatoms. The van der Waals surface area contributed by atoms with Gasteiger partial charge in [0.05, 0.1) is 0 Å². The number of benzene rings is 1. The van der Waals surface area contributed by atoms with Crippen LogP contribution in [0.4, 0.5) is 5.95 Å². The Morgan fingerprint density at radius 1 is 1.20 bits per heavy atom. The normalized spacial score (nSPS) is 16.0. The van der Waals surface area contributed by atoms with Crippen LogP contribution in [0.2, 0.25) is 0 Å². The predicted molar refractivity (Wildman–Crippen MR) is 76.0 cm³/mol. The molecular formula is C14H17N5O. The molecule has 2 aromatic rings. The predicted octanol–water partition coefficient (Wildman–Crippen LogP) is 1.41. The fourth-order valence-corrected chi connectivity index (χ4v) is 2.34. The molecule has 1 amide bonds. The first-order valence-electron chi connectivity index (χ1n) is 6.82. The fraction of sp³-hybridized carbons (Fsp3) is 0.357. The maximum absolute atomic E-state index is 12.1. The number of nitrogens with one attached hydrogen (secondary N) is 3. The van der Waals surface area contributed by atoms with Crippen molar-refractivity contribution in [1.29, 1.82) is 0 Å². The van der Waals surface area contributed by atoms with E-state index in [4.69, 9.17) is 0 Å². The first-order chi connectivity index (χ1) is 9.83. The van der Waals surface area contributed by atoms with Gasteiger partial charge < -0.3 is 5.32 Å². The number of nitrogens with zero attached hydrogens (tertiary/aromatic N) is 2. The third-order valence-electron chi connectivity index (χ3n) is 3.48. The van der Waals surface area contributed by atoms with Gasteiger partial charge in [0.1, 0.15) is 0 Å². The average molecular weight is 271 g/mol. The molecule has 1 saturated heterocycles. The molecule has 0 saturated carbocycles. The van der Waals surface area contributed by atoms with Crippen molar-refractivity contribution in [3.63, 3.8) is 0 Å². The highest BCUT2D eigenvalue weighted by molar-refractivity contribution is 5.91. The Morgan fingerprint density at radius 2 is 1.95 bits per heavy atom. The lowest BCUT2D eigenvalue weighted by atomic mass is 9.97. The Bertz CT molecular complexity index is 574. The molecule has 20 heavy (non-hydrogen) atoms. The lowest BCUT2D eigenvalue weighted by Gasteiger charge is -2.20. The van der Waals surface area contributed by atoms with Crippen molar-refractivity contribution < 1.29 is 4.79 Å². The van der Waals surface area contributed by atoms with Gasteiger partial charge >= 0.3 is 0 Å². The summed E-state index contributed by atoms with van der Waals surface area (Å²) in [5.41, 5.74) is 0.947. The summed E-state index contributed by atoms with van der Waals surface area (Å²) in [4.78, 5) is 16.4. The maximum atomic E-state index is 12.1. The van der Waals surface area contributed by atoms with Gasteiger partial charge in [-0.2, -0.15) is 4.98 Å². The Kier molecular flexibility index (Phi) is 3.73. The van der Waals surface area contributed by atoms with Crippen molar-refractivity contribution in [1.82, 2.24) is 20.5 Å². The van der Waals surface area contributed by atoms with Crippen molar-refractivity contribution in [2.75, 3.05) is 18.4 Å². The fourth-order valence-electron chi connectivity index (χ4n) is 2.34. The number of piperidine rings is 1. The third kappa shape index (κ3) is 2.85. The van der Waals surface area contributed by atoms with Crippen molar-refractivity contribution >= 4 is 11.9 Å². The largest absolute Gasteiger partial charge is 0.317 e. The minimum absolute atomic E-state index is 0.00473. The number of hydrogen-bond donors (Lipinski definition) is 3. The molecule has 6 nitrogen and oxygen atoms in total. The van der Waals surface area contributed by atoms with Gasteiger partial charge in [-0.1, -0.05) is 30.3 Å². The molecule has 104 valence electrons. The van der Waals surface area contributed by atoms with Gasteiger partial charge in [0.15, 0.2) is 5.82 Å². The van der Waals surface area contributed by atoms with E-state index in [-0.39, 0.29) is 11.8 Å². The molecule has 0 aliphatic carbocycles. The van der Waals surface area contributed by atoms with Crippen molar-refractivity contribution in [2.45, 2.75) is 12.8 Å². The number of rotatable bonds is 3. The lowest BCUT2D eigenvalue weighted by Crippen LogP contribution is -2.34. The van der Waals surface area contributed by atoms with Gasteiger partial charge in [0, 0.05) is 11.5 Å². The molecule has 3 N–H and O–H groups in total. The van der Waals surface area contributed by atoms with Crippen LogP contribution in [-0.4, -0.2) is 34.2 Å². The van der Waals surface area contributed by atoms with E-state index in [1.54, 1.807) is 0 Å². The van der Waals surface area contributed by atoms with E-state index < -0.39 is 0 Å². The van der Waals surface area contributed by atoms with Crippen LogP contribution in [0.1, 0.15) is 12.8 Å². The van der Waals surface area contributed by atoms with Gasteiger partial charge in [-0.3, -0.25) is 15.2 Å². The molecule has 0 bridgehead atoms. The summed E-state index contributed by atoms with van der Waals surface area (Å²) in [5, 5.41) is 12.9. The Hall–Kier alpha value is -2.21. The summed E-state index contributed by atoms with van der Waals surface area (Å²) in [6, 6.07) is 9.70. The molecule has 1 aliphatic heterocycles. The summed E-state index contributed by atoms with van der Waals surface area (Å²) in [7, 11) is 0. The van der Waals surface area contributed by atoms with Crippen LogP contribution < -0.4 is 10.6 Å². The number of anilines is 1. The smallest absolute Gasteiger partial charge is 0.249 e. The van der Waals surface area contributed by atoms with Gasteiger partial charge in [0.25, 0.3) is 0 Å². The molecule has 1 fully saturated rings. The Balaban J connectivity index is 1.66. The summed E-state index contributed by atoms with van der Waals surface area (Å²) in [5.74, 6) is 1.05. The van der Waals surface area contributed by atoms with E-state index >= 15 is 0 Å². The summed E-state index contributed by atoms with van der Waals surface area (Å²) in [6.45, 7) is 1.78. The number of amides is 1. The molecule has 2 heterocycles. The van der Waals surface area contributed by atoms with E-state index in [9.17, 15) is 4.79 Å². The highest BCUT2D eigenvalue weighted by Crippen LogP contribution is 2.17. The molecule has 0 atom stereocenters. The number of carbonyl (C=O) groups excluding carboxylic acids is 1.